The lowest BCUT2D eigenvalue weighted by Gasteiger charge is -2.48. The predicted octanol–water partition coefficient (Wildman–Crippen LogP) is -11.9. The third-order valence-electron chi connectivity index (χ3n) is 10.6. The van der Waals surface area contributed by atoms with Gasteiger partial charge in [0.1, 0.15) is 124 Å². The summed E-state index contributed by atoms with van der Waals surface area (Å²) in [7, 11) is 0. The monoisotopic (exact) mass is 828 g/mol. The maximum Gasteiger partial charge on any atom is 0.224 e. The van der Waals surface area contributed by atoms with Crippen LogP contribution in [0, 0.1) is 0 Å². The highest BCUT2D eigenvalue weighted by atomic mass is 16.8. The van der Waals surface area contributed by atoms with Gasteiger partial charge in [0.2, 0.25) is 17.4 Å². The van der Waals surface area contributed by atoms with Gasteiger partial charge in [0.05, 0.1) is 33.0 Å². The highest BCUT2D eigenvalue weighted by Crippen LogP contribution is 2.42. The molecule has 0 saturated carbocycles. The third kappa shape index (κ3) is 8.21. The number of hydrogen-bond acceptors (Lipinski definition) is 26. The fourth-order valence-electron chi connectivity index (χ4n) is 7.11. The van der Waals surface area contributed by atoms with E-state index < -0.39 is 187 Å². The molecule has 0 amide bonds. The summed E-state index contributed by atoms with van der Waals surface area (Å²) in [6, 6.07) is 0. The Hall–Kier alpha value is -1.04. The van der Waals surface area contributed by atoms with Crippen LogP contribution in [0.2, 0.25) is 0 Å². The van der Waals surface area contributed by atoms with Crippen LogP contribution in [0.4, 0.5) is 0 Å². The molecule has 5 saturated heterocycles. The highest BCUT2D eigenvalue weighted by molar-refractivity contribution is 5.03. The van der Waals surface area contributed by atoms with Gasteiger partial charge in [0, 0.05) is 0 Å². The van der Waals surface area contributed by atoms with Gasteiger partial charge in [-0.3, -0.25) is 0 Å². The molecule has 328 valence electrons. The van der Waals surface area contributed by atoms with Crippen molar-refractivity contribution in [3.8, 4) is 0 Å². The van der Waals surface area contributed by atoms with Gasteiger partial charge in [-0.25, -0.2) is 0 Å². The Morgan fingerprint density at radius 3 is 1.27 bits per heavy atom. The van der Waals surface area contributed by atoms with Gasteiger partial charge in [-0.15, -0.1) is 0 Å². The summed E-state index contributed by atoms with van der Waals surface area (Å²) in [5.74, 6) is -8.11. The van der Waals surface area contributed by atoms with Gasteiger partial charge in [-0.1, -0.05) is 0 Å². The van der Waals surface area contributed by atoms with E-state index in [2.05, 4.69) is 0 Å². The Morgan fingerprint density at radius 2 is 0.786 bits per heavy atom. The van der Waals surface area contributed by atoms with Gasteiger partial charge in [-0.2, -0.15) is 0 Å². The Labute approximate surface area is 316 Å². The summed E-state index contributed by atoms with van der Waals surface area (Å²) in [5.41, 5.74) is 0. The molecule has 0 radical (unpaired) electrons. The van der Waals surface area contributed by atoms with Crippen LogP contribution in [0.25, 0.3) is 0 Å². The molecule has 17 N–H and O–H groups in total. The van der Waals surface area contributed by atoms with E-state index >= 15 is 0 Å². The zero-order chi connectivity index (χ0) is 41.5. The van der Waals surface area contributed by atoms with Crippen molar-refractivity contribution >= 4 is 0 Å². The third-order valence-corrected chi connectivity index (χ3v) is 10.6. The standard InChI is InChI=1S/C30H52O26/c31-1-9-14(37)19(42)21(44)26(50-9)52-22-20(43)15(38)10(2-32)51-27(22)56-30(25(47)18(41)13(5-35)55-30)8-49-29(24(46)17(40)12(4-34)54-29)7-48-28(6-36)23(45)16(39)11(3-33)53-28/h9-27,31-47H,1-8H2/t9-,10-,11-,12-,13-,14-,15-,16-,17-,18-,19+,20+,21-,22-,23+,24+,25+,26-,27-,28-,29-,30+/m1/s1. The minimum Gasteiger partial charge on any atom is -0.394 e. The van der Waals surface area contributed by atoms with Crippen molar-refractivity contribution in [1.82, 2.24) is 0 Å². The van der Waals surface area contributed by atoms with Crippen LogP contribution in [-0.4, -0.2) is 273 Å². The average Bonchev–Trinajstić information content (AvgIpc) is 3.70. The van der Waals surface area contributed by atoms with Crippen molar-refractivity contribution in [3.63, 3.8) is 0 Å². The maximum atomic E-state index is 11.4. The lowest BCUT2D eigenvalue weighted by atomic mass is 9.97. The topological polar surface area (TPSA) is 427 Å². The smallest absolute Gasteiger partial charge is 0.224 e. The summed E-state index contributed by atoms with van der Waals surface area (Å²) in [4.78, 5) is 0. The lowest BCUT2D eigenvalue weighted by Crippen LogP contribution is -2.66. The summed E-state index contributed by atoms with van der Waals surface area (Å²) in [6.45, 7) is -8.33. The number of ether oxygens (including phenoxy) is 9. The van der Waals surface area contributed by atoms with E-state index in [0.717, 1.165) is 0 Å². The second-order valence-electron chi connectivity index (χ2n) is 14.1. The molecule has 0 unspecified atom stereocenters. The number of aliphatic hydroxyl groups excluding tert-OH is 17. The summed E-state index contributed by atoms with van der Waals surface area (Å²) < 4.78 is 50.6. The minimum atomic E-state index is -2.86. The van der Waals surface area contributed by atoms with Crippen LogP contribution < -0.4 is 0 Å². The molecular weight excluding hydrogens is 776 g/mol. The number of rotatable bonds is 16. The largest absolute Gasteiger partial charge is 0.394 e. The SMILES string of the molecule is OC[C@H]1O[C@@](CO)(OC[C@@]2(OC[C@@]3(O[C@H]4O[C@H](CO)[C@@H](O)[C@H](O)[C@H]4O[C@H]4O[C@H](CO)[C@@H](O)[C@H](O)[C@H]4O)O[C@H](CO)[C@@H](O)[C@@H]3O)O[C@H](CO)[C@@H](O)[C@@H]2O)[C@@H](O)[C@@H]1O. The molecule has 0 spiro atoms. The lowest BCUT2D eigenvalue weighted by molar-refractivity contribution is -0.419. The molecule has 26 nitrogen and oxygen atoms in total. The second-order valence-corrected chi connectivity index (χ2v) is 14.1. The van der Waals surface area contributed by atoms with Crippen molar-refractivity contribution in [2.24, 2.45) is 0 Å². The van der Waals surface area contributed by atoms with E-state index in [1.165, 1.54) is 0 Å². The first-order chi connectivity index (χ1) is 26.4. The normalized spacial score (nSPS) is 52.6. The van der Waals surface area contributed by atoms with Crippen LogP contribution in [0.1, 0.15) is 0 Å². The predicted molar refractivity (Wildman–Crippen MR) is 167 cm³/mol. The molecule has 5 heterocycles. The maximum absolute atomic E-state index is 11.4. The summed E-state index contributed by atoms with van der Waals surface area (Å²) in [5, 5.41) is 177. The first-order valence-electron chi connectivity index (χ1n) is 17.5. The van der Waals surface area contributed by atoms with Crippen molar-refractivity contribution in [3.05, 3.63) is 0 Å². The van der Waals surface area contributed by atoms with E-state index in [4.69, 9.17) is 42.6 Å². The van der Waals surface area contributed by atoms with Gasteiger partial charge in [0.15, 0.2) is 12.6 Å². The zero-order valence-electron chi connectivity index (χ0n) is 29.4. The van der Waals surface area contributed by atoms with Crippen molar-refractivity contribution in [2.75, 3.05) is 52.9 Å². The fourth-order valence-corrected chi connectivity index (χ4v) is 7.11. The van der Waals surface area contributed by atoms with Gasteiger partial charge < -0.3 is 129 Å². The molecule has 56 heavy (non-hydrogen) atoms. The molecule has 22 atom stereocenters. The van der Waals surface area contributed by atoms with E-state index in [1.807, 2.05) is 0 Å². The molecule has 0 aromatic rings. The number of hydrogen-bond donors (Lipinski definition) is 17. The van der Waals surface area contributed by atoms with Crippen LogP contribution in [0.15, 0.2) is 0 Å². The first kappa shape index (κ1) is 46.0. The molecule has 26 heteroatoms. The van der Waals surface area contributed by atoms with Crippen LogP contribution in [-0.2, 0) is 42.6 Å². The molecule has 0 aromatic carbocycles. The van der Waals surface area contributed by atoms with Crippen molar-refractivity contribution in [1.29, 1.82) is 0 Å². The molecule has 0 aliphatic carbocycles. The van der Waals surface area contributed by atoms with Gasteiger partial charge >= 0.3 is 0 Å². The number of aliphatic hydroxyl groups is 17. The van der Waals surface area contributed by atoms with E-state index in [0.29, 0.717) is 0 Å². The van der Waals surface area contributed by atoms with E-state index in [1.54, 1.807) is 0 Å². The van der Waals surface area contributed by atoms with Crippen molar-refractivity contribution < 1.29 is 129 Å². The van der Waals surface area contributed by atoms with Crippen LogP contribution in [0.5, 0.6) is 0 Å². The molecule has 5 fully saturated rings. The molecule has 5 aliphatic heterocycles. The molecule has 0 bridgehead atoms. The zero-order valence-corrected chi connectivity index (χ0v) is 29.4. The molecule has 5 aliphatic rings. The fraction of sp³-hybridized carbons (Fsp3) is 1.00. The Balaban J connectivity index is 1.48. The van der Waals surface area contributed by atoms with E-state index in [9.17, 15) is 86.8 Å². The minimum absolute atomic E-state index is 0.855. The summed E-state index contributed by atoms with van der Waals surface area (Å²) >= 11 is 0. The van der Waals surface area contributed by atoms with Gasteiger partial charge in [-0.05, 0) is 0 Å². The quantitative estimate of drug-likeness (QED) is 0.0687. The Kier molecular flexibility index (Phi) is 15.0. The highest BCUT2D eigenvalue weighted by Gasteiger charge is 2.64. The summed E-state index contributed by atoms with van der Waals surface area (Å²) in [6.07, 6.45) is -36.7. The van der Waals surface area contributed by atoms with E-state index in [-0.39, 0.29) is 0 Å². The van der Waals surface area contributed by atoms with Crippen molar-refractivity contribution in [2.45, 2.75) is 134 Å². The van der Waals surface area contributed by atoms with Crippen LogP contribution in [0.3, 0.4) is 0 Å². The Morgan fingerprint density at radius 1 is 0.393 bits per heavy atom. The second kappa shape index (κ2) is 18.3. The van der Waals surface area contributed by atoms with Crippen LogP contribution >= 0.6 is 0 Å². The molecule has 5 rings (SSSR count). The van der Waals surface area contributed by atoms with Gasteiger partial charge in [0.25, 0.3) is 0 Å². The molecule has 0 aromatic heterocycles. The first-order valence-corrected chi connectivity index (χ1v) is 17.5. The average molecular weight is 829 g/mol. The molecular formula is C30H52O26. The Bertz CT molecular complexity index is 1250.